The predicted octanol–water partition coefficient (Wildman–Crippen LogP) is 6.05. The zero-order valence-electron chi connectivity index (χ0n) is 16.8. The summed E-state index contributed by atoms with van der Waals surface area (Å²) in [5, 5.41) is 2.57. The number of fused-ring (bicyclic) bond motifs is 3. The van der Waals surface area contributed by atoms with Gasteiger partial charge in [-0.3, -0.25) is 4.79 Å². The third-order valence-corrected chi connectivity index (χ3v) is 5.92. The summed E-state index contributed by atoms with van der Waals surface area (Å²) in [4.78, 5) is 12.1. The number of hydrogen-bond donors (Lipinski definition) is 1. The molecule has 1 aromatic heterocycles. The van der Waals surface area contributed by atoms with E-state index in [0.717, 1.165) is 57.2 Å². The number of nitrogens with two attached hydrogens (primary N) is 1. The van der Waals surface area contributed by atoms with Crippen LogP contribution in [0.2, 0.25) is 5.02 Å². The second-order valence-corrected chi connectivity index (χ2v) is 8.01. The first-order chi connectivity index (χ1) is 14.0. The van der Waals surface area contributed by atoms with E-state index in [4.69, 9.17) is 17.3 Å². The minimum absolute atomic E-state index is 0.420. The fourth-order valence-electron chi connectivity index (χ4n) is 3.92. The van der Waals surface area contributed by atoms with Crippen LogP contribution in [0.1, 0.15) is 46.8 Å². The second-order valence-electron chi connectivity index (χ2n) is 7.61. The van der Waals surface area contributed by atoms with Gasteiger partial charge in [0, 0.05) is 27.9 Å². The first-order valence-corrected chi connectivity index (χ1v) is 10.4. The molecule has 0 saturated heterocycles. The van der Waals surface area contributed by atoms with Crippen LogP contribution < -0.4 is 5.73 Å². The molecule has 4 aromatic rings. The molecule has 4 rings (SSSR count). The Labute approximate surface area is 176 Å². The Morgan fingerprint density at radius 2 is 1.97 bits per heavy atom. The molecule has 2 N–H and O–H groups in total. The van der Waals surface area contributed by atoms with Crippen LogP contribution in [0.5, 0.6) is 0 Å². The van der Waals surface area contributed by atoms with Crippen LogP contribution >= 0.6 is 11.6 Å². The number of carbonyl (C=O) groups is 1. The minimum atomic E-state index is -0.420. The molecular weight excluding hydrogens is 380 g/mol. The normalized spacial score (nSPS) is 11.4. The summed E-state index contributed by atoms with van der Waals surface area (Å²) in [6.07, 6.45) is 3.30. The summed E-state index contributed by atoms with van der Waals surface area (Å²) in [5.74, 6) is -0.420. The summed E-state index contributed by atoms with van der Waals surface area (Å²) in [6.45, 7) is 4.85. The number of unbranched alkanes of at least 4 members (excludes halogenated alkanes) is 1. The molecule has 0 saturated carbocycles. The van der Waals surface area contributed by atoms with Crippen LogP contribution in [0.3, 0.4) is 0 Å². The Balaban J connectivity index is 1.96. The van der Waals surface area contributed by atoms with Crippen LogP contribution in [0.4, 0.5) is 0 Å². The van der Waals surface area contributed by atoms with E-state index >= 15 is 0 Å². The maximum absolute atomic E-state index is 12.1. The van der Waals surface area contributed by atoms with E-state index in [1.807, 2.05) is 37.3 Å². The van der Waals surface area contributed by atoms with Gasteiger partial charge in [-0.05, 0) is 66.8 Å². The molecule has 0 bridgehead atoms. The number of aromatic nitrogens is 1. The lowest BCUT2D eigenvalue weighted by molar-refractivity contribution is 0.100. The van der Waals surface area contributed by atoms with Gasteiger partial charge in [0.25, 0.3) is 0 Å². The molecule has 147 valence electrons. The van der Waals surface area contributed by atoms with Crippen molar-refractivity contribution in [2.75, 3.05) is 0 Å². The van der Waals surface area contributed by atoms with Gasteiger partial charge >= 0.3 is 0 Å². The molecular formula is C25H24ClN2O. The largest absolute Gasteiger partial charge is 0.366 e. The smallest absolute Gasteiger partial charge is 0.249 e. The minimum Gasteiger partial charge on any atom is -0.366 e. The van der Waals surface area contributed by atoms with E-state index in [1.54, 1.807) is 6.07 Å². The van der Waals surface area contributed by atoms with E-state index in [-0.39, 0.29) is 0 Å². The van der Waals surface area contributed by atoms with Gasteiger partial charge in [-0.25, -0.2) is 0 Å². The molecule has 0 aliphatic heterocycles. The summed E-state index contributed by atoms with van der Waals surface area (Å²) in [6, 6.07) is 19.6. The van der Waals surface area contributed by atoms with Gasteiger partial charge < -0.3 is 10.3 Å². The first-order valence-electron chi connectivity index (χ1n) is 10.00. The summed E-state index contributed by atoms with van der Waals surface area (Å²) in [5.41, 5.74) is 11.7. The van der Waals surface area contributed by atoms with E-state index < -0.39 is 5.91 Å². The van der Waals surface area contributed by atoms with E-state index in [9.17, 15) is 4.79 Å². The number of primary amides is 1. The molecule has 1 radical (unpaired) electrons. The van der Waals surface area contributed by atoms with Crippen LogP contribution in [0, 0.1) is 13.0 Å². The average Bonchev–Trinajstić information content (AvgIpc) is 3.02. The number of nitrogens with zero attached hydrogens (tertiary/aromatic N) is 1. The molecule has 0 spiro atoms. The Morgan fingerprint density at radius 1 is 1.14 bits per heavy atom. The van der Waals surface area contributed by atoms with Crippen molar-refractivity contribution in [2.45, 2.75) is 39.7 Å². The van der Waals surface area contributed by atoms with Gasteiger partial charge in [0.15, 0.2) is 0 Å². The molecule has 4 heteroatoms. The van der Waals surface area contributed by atoms with Gasteiger partial charge in [-0.1, -0.05) is 49.2 Å². The Hall–Kier alpha value is -2.78. The zero-order chi connectivity index (χ0) is 20.5. The topological polar surface area (TPSA) is 48.0 Å². The predicted molar refractivity (Wildman–Crippen MR) is 121 cm³/mol. The highest BCUT2D eigenvalue weighted by Gasteiger charge is 2.17. The molecule has 29 heavy (non-hydrogen) atoms. The molecule has 0 fully saturated rings. The Bertz CT molecular complexity index is 1220. The van der Waals surface area contributed by atoms with Crippen molar-refractivity contribution in [3.63, 3.8) is 0 Å². The first kappa shape index (κ1) is 19.5. The molecule has 0 aliphatic carbocycles. The third kappa shape index (κ3) is 3.63. The highest BCUT2D eigenvalue weighted by atomic mass is 35.5. The number of rotatable bonds is 6. The SMILES string of the molecule is CCCCc1c[c]c2c3c(C(N)=O)cccc3n(Cc3ccc(C)c(Cl)c3)c2c1. The van der Waals surface area contributed by atoms with E-state index in [2.05, 4.69) is 29.7 Å². The van der Waals surface area contributed by atoms with Crippen LogP contribution in [0.25, 0.3) is 21.8 Å². The number of benzene rings is 3. The second kappa shape index (κ2) is 7.92. The average molecular weight is 404 g/mol. The summed E-state index contributed by atoms with van der Waals surface area (Å²) < 4.78 is 2.24. The lowest BCUT2D eigenvalue weighted by Gasteiger charge is -2.10. The highest BCUT2D eigenvalue weighted by Crippen LogP contribution is 2.33. The van der Waals surface area contributed by atoms with Crippen molar-refractivity contribution >= 4 is 39.3 Å². The van der Waals surface area contributed by atoms with Crippen molar-refractivity contribution in [2.24, 2.45) is 5.73 Å². The van der Waals surface area contributed by atoms with Crippen molar-refractivity contribution in [1.82, 2.24) is 4.57 Å². The number of aryl methyl sites for hydroxylation is 2. The Kier molecular flexibility index (Phi) is 5.33. The lowest BCUT2D eigenvalue weighted by atomic mass is 10.0. The molecule has 0 unspecified atom stereocenters. The zero-order valence-corrected chi connectivity index (χ0v) is 17.5. The van der Waals surface area contributed by atoms with Crippen molar-refractivity contribution in [3.05, 3.63) is 81.9 Å². The standard InChI is InChI=1S/C25H24ClN2O/c1-3-4-6-17-11-12-19-23(14-17)28(15-18-10-9-16(2)21(26)13-18)22-8-5-7-20(24(19)22)25(27)29/h5,7-11,13-14H,3-4,6,15H2,1-2H3,(H2,27,29). The fourth-order valence-corrected chi connectivity index (χ4v) is 4.12. The number of carbonyl (C=O) groups excluding carboxylic acids is 1. The molecule has 0 aliphatic rings. The third-order valence-electron chi connectivity index (χ3n) is 5.52. The van der Waals surface area contributed by atoms with Gasteiger partial charge in [-0.2, -0.15) is 0 Å². The van der Waals surface area contributed by atoms with E-state index in [1.165, 1.54) is 5.56 Å². The maximum Gasteiger partial charge on any atom is 0.249 e. The van der Waals surface area contributed by atoms with Crippen molar-refractivity contribution in [1.29, 1.82) is 0 Å². The van der Waals surface area contributed by atoms with Gasteiger partial charge in [0.1, 0.15) is 0 Å². The highest BCUT2D eigenvalue weighted by molar-refractivity contribution is 6.31. The number of hydrogen-bond acceptors (Lipinski definition) is 1. The Morgan fingerprint density at radius 3 is 2.69 bits per heavy atom. The molecule has 1 heterocycles. The molecule has 3 aromatic carbocycles. The number of halogens is 1. The fraction of sp³-hybridized carbons (Fsp3) is 0.240. The van der Waals surface area contributed by atoms with Gasteiger partial charge in [0.2, 0.25) is 5.91 Å². The quantitative estimate of drug-likeness (QED) is 0.418. The molecule has 0 atom stereocenters. The summed E-state index contributed by atoms with van der Waals surface area (Å²) >= 11 is 6.36. The van der Waals surface area contributed by atoms with Crippen molar-refractivity contribution < 1.29 is 4.79 Å². The van der Waals surface area contributed by atoms with Crippen LogP contribution in [0.15, 0.2) is 48.5 Å². The van der Waals surface area contributed by atoms with Crippen molar-refractivity contribution in [3.8, 4) is 0 Å². The van der Waals surface area contributed by atoms with Gasteiger partial charge in [0.05, 0.1) is 11.0 Å². The van der Waals surface area contributed by atoms with Crippen LogP contribution in [-0.4, -0.2) is 10.5 Å². The number of amides is 1. The lowest BCUT2D eigenvalue weighted by Crippen LogP contribution is -2.11. The maximum atomic E-state index is 12.1. The van der Waals surface area contributed by atoms with Crippen LogP contribution in [-0.2, 0) is 13.0 Å². The molecule has 1 amide bonds. The molecule has 3 nitrogen and oxygen atoms in total. The monoisotopic (exact) mass is 403 g/mol. The summed E-state index contributed by atoms with van der Waals surface area (Å²) in [7, 11) is 0. The van der Waals surface area contributed by atoms with Gasteiger partial charge in [-0.15, -0.1) is 0 Å². The van der Waals surface area contributed by atoms with E-state index in [0.29, 0.717) is 12.1 Å².